The van der Waals surface area contributed by atoms with Gasteiger partial charge in [0.15, 0.2) is 0 Å². The molecule has 0 saturated carbocycles. The van der Waals surface area contributed by atoms with Crippen LogP contribution >= 0.6 is 33.9 Å². The lowest BCUT2D eigenvalue weighted by molar-refractivity contribution is 0.602. The van der Waals surface area contributed by atoms with Crippen molar-refractivity contribution in [2.24, 2.45) is 0 Å². The predicted molar refractivity (Wildman–Crippen MR) is 87.0 cm³/mol. The number of halogens is 2. The van der Waals surface area contributed by atoms with E-state index in [0.29, 0.717) is 15.8 Å². The summed E-state index contributed by atoms with van der Waals surface area (Å²) >= 11 is 3.05. The van der Waals surface area contributed by atoms with Gasteiger partial charge >= 0.3 is 0 Å². The molecule has 0 aliphatic rings. The molecule has 2 rings (SSSR count). The highest BCUT2D eigenvalue weighted by Gasteiger charge is 2.18. The van der Waals surface area contributed by atoms with Gasteiger partial charge < -0.3 is 5.32 Å². The van der Waals surface area contributed by atoms with E-state index in [9.17, 15) is 12.8 Å². The van der Waals surface area contributed by atoms with Crippen LogP contribution in [0.3, 0.4) is 0 Å². The number of thiophene rings is 1. The van der Waals surface area contributed by atoms with Crippen molar-refractivity contribution in [3.63, 3.8) is 0 Å². The minimum absolute atomic E-state index is 0.239. The Hall–Kier alpha value is -0.710. The molecular formula is C12H12FIN2O2S2. The molecular weight excluding hydrogens is 414 g/mol. The van der Waals surface area contributed by atoms with Gasteiger partial charge in [0.2, 0.25) is 0 Å². The fourth-order valence-corrected chi connectivity index (χ4v) is 4.64. The summed E-state index contributed by atoms with van der Waals surface area (Å²) < 4.78 is 40.7. The van der Waals surface area contributed by atoms with E-state index in [1.165, 1.54) is 18.2 Å². The Bertz CT molecular complexity index is 716. The van der Waals surface area contributed by atoms with Gasteiger partial charge in [-0.05, 0) is 64.8 Å². The molecule has 0 radical (unpaired) electrons. The Labute approximate surface area is 134 Å². The summed E-state index contributed by atoms with van der Waals surface area (Å²) in [6, 6.07) is 5.54. The van der Waals surface area contributed by atoms with Crippen molar-refractivity contribution in [3.8, 4) is 0 Å². The molecule has 108 valence electrons. The van der Waals surface area contributed by atoms with Gasteiger partial charge in [-0.2, -0.15) is 0 Å². The summed E-state index contributed by atoms with van der Waals surface area (Å²) in [6.07, 6.45) is 0. The second-order valence-corrected chi connectivity index (χ2v) is 8.02. The van der Waals surface area contributed by atoms with Crippen LogP contribution in [0.25, 0.3) is 0 Å². The lowest BCUT2D eigenvalue weighted by Crippen LogP contribution is -2.12. The molecule has 0 saturated heterocycles. The molecule has 20 heavy (non-hydrogen) atoms. The van der Waals surface area contributed by atoms with Gasteiger partial charge in [-0.1, -0.05) is 0 Å². The molecule has 0 fully saturated rings. The van der Waals surface area contributed by atoms with Crippen molar-refractivity contribution >= 4 is 49.6 Å². The highest BCUT2D eigenvalue weighted by molar-refractivity contribution is 14.1. The number of nitrogens with one attached hydrogen (secondary N) is 2. The van der Waals surface area contributed by atoms with E-state index in [4.69, 9.17) is 0 Å². The van der Waals surface area contributed by atoms with Crippen molar-refractivity contribution < 1.29 is 12.8 Å². The van der Waals surface area contributed by atoms with Crippen LogP contribution in [0.5, 0.6) is 0 Å². The van der Waals surface area contributed by atoms with E-state index in [0.717, 1.165) is 16.9 Å². The molecule has 0 bridgehead atoms. The molecule has 0 spiro atoms. The third-order valence-electron chi connectivity index (χ3n) is 2.45. The second kappa shape index (κ2) is 6.37. The largest absolute Gasteiger partial charge is 0.316 e. The van der Waals surface area contributed by atoms with Crippen molar-refractivity contribution in [3.05, 3.63) is 44.6 Å². The van der Waals surface area contributed by atoms with Gasteiger partial charge in [-0.15, -0.1) is 11.3 Å². The lowest BCUT2D eigenvalue weighted by Gasteiger charge is -2.08. The molecule has 8 heteroatoms. The fraction of sp³-hybridized carbons (Fsp3) is 0.167. The van der Waals surface area contributed by atoms with Crippen LogP contribution in [0.15, 0.2) is 33.9 Å². The number of sulfonamides is 1. The molecule has 1 aromatic carbocycles. The van der Waals surface area contributed by atoms with Crippen LogP contribution in [0.2, 0.25) is 0 Å². The second-order valence-electron chi connectivity index (χ2n) is 4.03. The zero-order valence-corrected chi connectivity index (χ0v) is 14.3. The zero-order valence-electron chi connectivity index (χ0n) is 10.5. The Morgan fingerprint density at radius 3 is 2.75 bits per heavy atom. The molecule has 0 aliphatic heterocycles. The SMILES string of the molecule is CNCc1csc(S(=O)(=O)Nc2ccc(F)cc2I)c1. The third-order valence-corrected chi connectivity index (χ3v) is 6.20. The number of anilines is 1. The summed E-state index contributed by atoms with van der Waals surface area (Å²) in [4.78, 5) is 0. The minimum atomic E-state index is -3.63. The van der Waals surface area contributed by atoms with E-state index in [1.807, 2.05) is 22.6 Å². The van der Waals surface area contributed by atoms with Crippen molar-refractivity contribution in [1.82, 2.24) is 5.32 Å². The standard InChI is InChI=1S/C12H12FIN2O2S2/c1-15-6-8-4-12(19-7-8)20(17,18)16-11-3-2-9(13)5-10(11)14/h2-5,7,15-16H,6H2,1H3. The van der Waals surface area contributed by atoms with Gasteiger partial charge in [0, 0.05) is 10.1 Å². The number of hydrogen-bond acceptors (Lipinski definition) is 4. The highest BCUT2D eigenvalue weighted by Crippen LogP contribution is 2.26. The van der Waals surface area contributed by atoms with E-state index in [1.54, 1.807) is 18.5 Å². The summed E-state index contributed by atoms with van der Waals surface area (Å²) in [7, 11) is -1.84. The van der Waals surface area contributed by atoms with Gasteiger partial charge in [0.1, 0.15) is 10.0 Å². The first-order valence-electron chi connectivity index (χ1n) is 5.62. The smallest absolute Gasteiger partial charge is 0.271 e. The molecule has 0 atom stereocenters. The Kier molecular flexibility index (Phi) is 4.99. The first kappa shape index (κ1) is 15.7. The van der Waals surface area contributed by atoms with Crippen LogP contribution in [-0.2, 0) is 16.6 Å². The van der Waals surface area contributed by atoms with Crippen LogP contribution in [0, 0.1) is 9.39 Å². The first-order valence-corrected chi connectivity index (χ1v) is 9.06. The van der Waals surface area contributed by atoms with Crippen LogP contribution in [0.4, 0.5) is 10.1 Å². The van der Waals surface area contributed by atoms with Gasteiger partial charge in [-0.25, -0.2) is 12.8 Å². The Morgan fingerprint density at radius 2 is 2.10 bits per heavy atom. The van der Waals surface area contributed by atoms with Crippen molar-refractivity contribution in [2.75, 3.05) is 11.8 Å². The van der Waals surface area contributed by atoms with Crippen LogP contribution in [-0.4, -0.2) is 15.5 Å². The monoisotopic (exact) mass is 426 g/mol. The average molecular weight is 426 g/mol. The minimum Gasteiger partial charge on any atom is -0.316 e. The third kappa shape index (κ3) is 3.68. The van der Waals surface area contributed by atoms with E-state index >= 15 is 0 Å². The normalized spacial score (nSPS) is 11.6. The lowest BCUT2D eigenvalue weighted by atomic mass is 10.3. The van der Waals surface area contributed by atoms with Gasteiger partial charge in [-0.3, -0.25) is 4.72 Å². The van der Waals surface area contributed by atoms with Crippen molar-refractivity contribution in [1.29, 1.82) is 0 Å². The van der Waals surface area contributed by atoms with Crippen LogP contribution < -0.4 is 10.0 Å². The number of benzene rings is 1. The quantitative estimate of drug-likeness (QED) is 0.723. The molecule has 1 heterocycles. The Balaban J connectivity index is 2.26. The summed E-state index contributed by atoms with van der Waals surface area (Å²) in [6.45, 7) is 0.611. The zero-order chi connectivity index (χ0) is 14.8. The van der Waals surface area contributed by atoms with Gasteiger partial charge in [0.05, 0.1) is 5.69 Å². The summed E-state index contributed by atoms with van der Waals surface area (Å²) in [5, 5.41) is 4.75. The molecule has 0 aliphatic carbocycles. The molecule has 2 aromatic rings. The fourth-order valence-electron chi connectivity index (χ4n) is 1.56. The summed E-state index contributed by atoms with van der Waals surface area (Å²) in [5.74, 6) is -0.398. The first-order chi connectivity index (χ1) is 9.42. The van der Waals surface area contributed by atoms with E-state index < -0.39 is 15.8 Å². The summed E-state index contributed by atoms with van der Waals surface area (Å²) in [5.41, 5.74) is 1.28. The molecule has 0 unspecified atom stereocenters. The van der Waals surface area contributed by atoms with E-state index in [2.05, 4.69) is 10.0 Å². The topological polar surface area (TPSA) is 58.2 Å². The maximum atomic E-state index is 13.0. The molecule has 1 aromatic heterocycles. The van der Waals surface area contributed by atoms with Crippen molar-refractivity contribution in [2.45, 2.75) is 10.8 Å². The van der Waals surface area contributed by atoms with Gasteiger partial charge in [0.25, 0.3) is 10.0 Å². The number of rotatable bonds is 5. The average Bonchev–Trinajstić information content (AvgIpc) is 2.83. The maximum absolute atomic E-state index is 13.0. The number of hydrogen-bond donors (Lipinski definition) is 2. The molecule has 4 nitrogen and oxygen atoms in total. The molecule has 0 amide bonds. The molecule has 2 N–H and O–H groups in total. The maximum Gasteiger partial charge on any atom is 0.271 e. The predicted octanol–water partition coefficient (Wildman–Crippen LogP) is 3.01. The van der Waals surface area contributed by atoms with Crippen LogP contribution in [0.1, 0.15) is 5.56 Å². The van der Waals surface area contributed by atoms with E-state index in [-0.39, 0.29) is 4.21 Å². The highest BCUT2D eigenvalue weighted by atomic mass is 127. The Morgan fingerprint density at radius 1 is 1.35 bits per heavy atom.